The van der Waals surface area contributed by atoms with Crippen LogP contribution in [0, 0.1) is 5.92 Å². The first-order valence-electron chi connectivity index (χ1n) is 9.73. The minimum atomic E-state index is 0.271. The molecule has 0 spiro atoms. The molecule has 2 nitrogen and oxygen atoms in total. The summed E-state index contributed by atoms with van der Waals surface area (Å²) in [5.41, 5.74) is 6.45. The zero-order chi connectivity index (χ0) is 14.8. The molecule has 124 valence electrons. The van der Waals surface area contributed by atoms with Gasteiger partial charge in [-0.2, -0.15) is 0 Å². The fourth-order valence-electron chi connectivity index (χ4n) is 4.01. The average molecular weight is 296 g/mol. The lowest BCUT2D eigenvalue weighted by molar-refractivity contribution is -0.00130. The Morgan fingerprint density at radius 3 is 1.76 bits per heavy atom. The van der Waals surface area contributed by atoms with E-state index >= 15 is 0 Å². The summed E-state index contributed by atoms with van der Waals surface area (Å²) >= 11 is 0. The van der Waals surface area contributed by atoms with E-state index in [0.29, 0.717) is 6.10 Å². The molecule has 2 rings (SSSR count). The molecule has 2 fully saturated rings. The molecule has 0 bridgehead atoms. The van der Waals surface area contributed by atoms with Crippen LogP contribution in [0.2, 0.25) is 0 Å². The molecule has 2 saturated carbocycles. The maximum Gasteiger partial charge on any atom is 0.0726 e. The van der Waals surface area contributed by atoms with Gasteiger partial charge in [-0.05, 0) is 31.6 Å². The normalized spacial score (nSPS) is 31.3. The number of ether oxygens (including phenoxy) is 1. The Labute approximate surface area is 132 Å². The van der Waals surface area contributed by atoms with Crippen LogP contribution in [0.5, 0.6) is 0 Å². The Morgan fingerprint density at radius 2 is 1.10 bits per heavy atom. The van der Waals surface area contributed by atoms with Gasteiger partial charge in [0.25, 0.3) is 0 Å². The fourth-order valence-corrected chi connectivity index (χ4v) is 4.01. The largest absolute Gasteiger partial charge is 0.376 e. The van der Waals surface area contributed by atoms with Crippen molar-refractivity contribution in [3.63, 3.8) is 0 Å². The predicted molar refractivity (Wildman–Crippen MR) is 90.5 cm³/mol. The van der Waals surface area contributed by atoms with Gasteiger partial charge in [0.2, 0.25) is 0 Å². The molecule has 0 aliphatic heterocycles. The quantitative estimate of drug-likeness (QED) is 0.777. The van der Waals surface area contributed by atoms with Gasteiger partial charge >= 0.3 is 0 Å². The van der Waals surface area contributed by atoms with Gasteiger partial charge in [0.15, 0.2) is 0 Å². The molecule has 2 aliphatic rings. The van der Waals surface area contributed by atoms with Crippen molar-refractivity contribution >= 4 is 0 Å². The predicted octanol–water partition coefficient (Wildman–Crippen LogP) is 5.19. The standard InChI is InChI=1S/C19H37NO/c20-18-14-10-5-3-1-2-4-6-11-15-19(18)21-16-17-12-8-7-9-13-17/h17-19H,1-16,20H2. The summed E-state index contributed by atoms with van der Waals surface area (Å²) in [6.07, 6.45) is 20.7. The van der Waals surface area contributed by atoms with Crippen LogP contribution in [0.4, 0.5) is 0 Å². The second-order valence-electron chi connectivity index (χ2n) is 7.45. The lowest BCUT2D eigenvalue weighted by Crippen LogP contribution is -2.38. The highest BCUT2D eigenvalue weighted by atomic mass is 16.5. The second-order valence-corrected chi connectivity index (χ2v) is 7.45. The number of hydrogen-bond acceptors (Lipinski definition) is 2. The fraction of sp³-hybridized carbons (Fsp3) is 1.00. The van der Waals surface area contributed by atoms with Crippen LogP contribution < -0.4 is 5.73 Å². The van der Waals surface area contributed by atoms with Crippen LogP contribution in [0.15, 0.2) is 0 Å². The third kappa shape index (κ3) is 7.15. The minimum absolute atomic E-state index is 0.271. The average Bonchev–Trinajstić information content (AvgIpc) is 2.51. The van der Waals surface area contributed by atoms with E-state index in [1.54, 1.807) is 0 Å². The highest BCUT2D eigenvalue weighted by molar-refractivity contribution is 4.76. The maximum atomic E-state index is 6.45. The van der Waals surface area contributed by atoms with E-state index in [9.17, 15) is 0 Å². The van der Waals surface area contributed by atoms with E-state index in [0.717, 1.165) is 18.9 Å². The lowest BCUT2D eigenvalue weighted by Gasteiger charge is -2.28. The first kappa shape index (κ1) is 17.3. The Bertz CT molecular complexity index is 250. The van der Waals surface area contributed by atoms with Gasteiger partial charge in [-0.25, -0.2) is 0 Å². The minimum Gasteiger partial charge on any atom is -0.376 e. The number of rotatable bonds is 3. The van der Waals surface area contributed by atoms with Gasteiger partial charge in [0, 0.05) is 12.6 Å². The molecule has 2 heteroatoms. The van der Waals surface area contributed by atoms with Crippen molar-refractivity contribution in [3.8, 4) is 0 Å². The molecule has 0 saturated heterocycles. The first-order chi connectivity index (χ1) is 10.4. The molecule has 0 aromatic heterocycles. The monoisotopic (exact) mass is 295 g/mol. The van der Waals surface area contributed by atoms with Crippen molar-refractivity contribution in [2.24, 2.45) is 11.7 Å². The second kappa shape index (κ2) is 10.6. The Hall–Kier alpha value is -0.0800. The molecule has 2 atom stereocenters. The Balaban J connectivity index is 1.74. The molecule has 0 aromatic carbocycles. The third-order valence-corrected chi connectivity index (χ3v) is 5.52. The van der Waals surface area contributed by atoms with E-state index < -0.39 is 0 Å². The van der Waals surface area contributed by atoms with Crippen LogP contribution >= 0.6 is 0 Å². The molecule has 0 amide bonds. The van der Waals surface area contributed by atoms with Gasteiger partial charge in [0.1, 0.15) is 0 Å². The van der Waals surface area contributed by atoms with E-state index in [4.69, 9.17) is 10.5 Å². The molecule has 0 aromatic rings. The number of hydrogen-bond donors (Lipinski definition) is 1. The van der Waals surface area contributed by atoms with E-state index in [1.807, 2.05) is 0 Å². The number of nitrogens with two attached hydrogens (primary N) is 1. The maximum absolute atomic E-state index is 6.45. The van der Waals surface area contributed by atoms with Crippen molar-refractivity contribution in [3.05, 3.63) is 0 Å². The molecule has 2 aliphatic carbocycles. The topological polar surface area (TPSA) is 35.2 Å². The summed E-state index contributed by atoms with van der Waals surface area (Å²) in [4.78, 5) is 0. The highest BCUT2D eigenvalue weighted by Crippen LogP contribution is 2.25. The molecule has 21 heavy (non-hydrogen) atoms. The first-order valence-corrected chi connectivity index (χ1v) is 9.73. The van der Waals surface area contributed by atoms with Gasteiger partial charge in [-0.1, -0.05) is 70.6 Å². The smallest absolute Gasteiger partial charge is 0.0726 e. The summed E-state index contributed by atoms with van der Waals surface area (Å²) in [7, 11) is 0. The summed E-state index contributed by atoms with van der Waals surface area (Å²) in [5, 5.41) is 0. The van der Waals surface area contributed by atoms with Crippen LogP contribution in [-0.4, -0.2) is 18.8 Å². The highest BCUT2D eigenvalue weighted by Gasteiger charge is 2.21. The van der Waals surface area contributed by atoms with Crippen molar-refractivity contribution in [2.45, 2.75) is 108 Å². The van der Waals surface area contributed by atoms with Crippen LogP contribution in [0.25, 0.3) is 0 Å². The third-order valence-electron chi connectivity index (χ3n) is 5.52. The molecule has 2 N–H and O–H groups in total. The SMILES string of the molecule is NC1CCCCCCCCCCC1OCC1CCCCC1. The van der Waals surface area contributed by atoms with Crippen molar-refractivity contribution in [2.75, 3.05) is 6.61 Å². The van der Waals surface area contributed by atoms with Crippen molar-refractivity contribution in [1.82, 2.24) is 0 Å². The molecule has 0 radical (unpaired) electrons. The van der Waals surface area contributed by atoms with Gasteiger partial charge in [0.05, 0.1) is 6.10 Å². The lowest BCUT2D eigenvalue weighted by atomic mass is 9.90. The van der Waals surface area contributed by atoms with Gasteiger partial charge in [-0.3, -0.25) is 0 Å². The van der Waals surface area contributed by atoms with E-state index in [2.05, 4.69) is 0 Å². The molecule has 0 heterocycles. The van der Waals surface area contributed by atoms with Crippen molar-refractivity contribution in [1.29, 1.82) is 0 Å². The van der Waals surface area contributed by atoms with Crippen molar-refractivity contribution < 1.29 is 4.74 Å². The Morgan fingerprint density at radius 1 is 0.619 bits per heavy atom. The zero-order valence-electron chi connectivity index (χ0n) is 14.0. The van der Waals surface area contributed by atoms with Crippen LogP contribution in [0.1, 0.15) is 96.3 Å². The molecular weight excluding hydrogens is 258 g/mol. The summed E-state index contributed by atoms with van der Waals surface area (Å²) in [6, 6.07) is 0.271. The summed E-state index contributed by atoms with van der Waals surface area (Å²) in [5.74, 6) is 0.812. The Kier molecular flexibility index (Phi) is 8.73. The van der Waals surface area contributed by atoms with Crippen LogP contribution in [0.3, 0.4) is 0 Å². The summed E-state index contributed by atoms with van der Waals surface area (Å²) < 4.78 is 6.31. The van der Waals surface area contributed by atoms with Gasteiger partial charge < -0.3 is 10.5 Å². The zero-order valence-corrected chi connectivity index (χ0v) is 14.0. The van der Waals surface area contributed by atoms with Gasteiger partial charge in [-0.15, -0.1) is 0 Å². The molecule has 2 unspecified atom stereocenters. The van der Waals surface area contributed by atoms with E-state index in [-0.39, 0.29) is 6.04 Å². The van der Waals surface area contributed by atoms with E-state index in [1.165, 1.54) is 89.9 Å². The summed E-state index contributed by atoms with van der Waals surface area (Å²) in [6.45, 7) is 0.971. The molecular formula is C19H37NO. The van der Waals surface area contributed by atoms with Crippen LogP contribution in [-0.2, 0) is 4.74 Å².